The predicted octanol–water partition coefficient (Wildman–Crippen LogP) is 14.4. The molecule has 0 amide bonds. The molecule has 0 unspecified atom stereocenters. The van der Waals surface area contributed by atoms with E-state index in [0.29, 0.717) is 17.5 Å². The predicted molar refractivity (Wildman–Crippen MR) is 242 cm³/mol. The van der Waals surface area contributed by atoms with Crippen molar-refractivity contribution >= 4 is 84.8 Å². The summed E-state index contributed by atoms with van der Waals surface area (Å²) in [6.07, 6.45) is 0. The molecule has 0 fully saturated rings. The van der Waals surface area contributed by atoms with Crippen molar-refractivity contribution in [1.29, 1.82) is 0 Å². The van der Waals surface area contributed by atoms with Crippen molar-refractivity contribution in [1.82, 2.24) is 19.5 Å². The van der Waals surface area contributed by atoms with Crippen LogP contribution in [0.1, 0.15) is 0 Å². The van der Waals surface area contributed by atoms with Crippen molar-refractivity contribution in [3.8, 4) is 51.0 Å². The van der Waals surface area contributed by atoms with Crippen LogP contribution in [0.4, 0.5) is 0 Å². The summed E-state index contributed by atoms with van der Waals surface area (Å²) in [6.45, 7) is 0. The summed E-state index contributed by atoms with van der Waals surface area (Å²) < 4.78 is 7.58. The van der Waals surface area contributed by atoms with Gasteiger partial charge in [-0.3, -0.25) is 0 Å². The molecule has 0 spiro atoms. The molecule has 0 radical (unpaired) electrons. The number of fused-ring (bicyclic) bond motifs is 10. The lowest BCUT2D eigenvalue weighted by atomic mass is 9.97. The molecule has 0 bridgehead atoms. The van der Waals surface area contributed by atoms with Gasteiger partial charge in [-0.1, -0.05) is 140 Å². The molecule has 0 aliphatic carbocycles. The van der Waals surface area contributed by atoms with E-state index >= 15 is 0 Å². The Bertz CT molecular complexity index is 3470. The molecule has 12 aromatic rings. The molecule has 266 valence electrons. The first-order valence-electron chi connectivity index (χ1n) is 19.0. The number of rotatable bonds is 5. The molecular formula is C51H30N4S2. The average molecular weight is 763 g/mol. The highest BCUT2D eigenvalue weighted by Crippen LogP contribution is 2.45. The van der Waals surface area contributed by atoms with Crippen LogP contribution in [0.2, 0.25) is 0 Å². The highest BCUT2D eigenvalue weighted by molar-refractivity contribution is 7.26. The standard InChI is InChI=1S/C51H30N4S2/c1-3-14-31(15-4-1)49-52-50(32-16-5-2-6-17-32)54-51(53-49)34-28-33(36-21-13-25-45-46(36)41-20-9-12-24-44(41)56-45)29-35(30-34)55-42-22-10-7-18-37(42)39-26-27-40-38-19-8-11-23-43(38)57-48(40)47(39)55/h1-30H. The van der Waals surface area contributed by atoms with E-state index in [9.17, 15) is 0 Å². The second kappa shape index (κ2) is 12.8. The molecule has 6 heteroatoms. The van der Waals surface area contributed by atoms with Gasteiger partial charge in [-0.2, -0.15) is 0 Å². The Balaban J connectivity index is 1.21. The minimum Gasteiger partial charge on any atom is -0.308 e. The molecule has 4 heterocycles. The number of thiophene rings is 2. The van der Waals surface area contributed by atoms with E-state index < -0.39 is 0 Å². The fourth-order valence-corrected chi connectivity index (χ4v) is 10.8. The SMILES string of the molecule is c1ccc(-c2nc(-c3ccccc3)nc(-c3cc(-c4cccc5sc6ccccc6c45)cc(-n4c5ccccc5c5ccc6c7ccccc7sc6c54)c3)n2)cc1. The van der Waals surface area contributed by atoms with Gasteiger partial charge in [0.25, 0.3) is 0 Å². The largest absolute Gasteiger partial charge is 0.308 e. The van der Waals surface area contributed by atoms with E-state index in [1.165, 1.54) is 62.2 Å². The maximum atomic E-state index is 5.23. The van der Waals surface area contributed by atoms with Crippen LogP contribution in [0.15, 0.2) is 182 Å². The second-order valence-corrected chi connectivity index (χ2v) is 16.5. The van der Waals surface area contributed by atoms with E-state index in [1.54, 1.807) is 0 Å². The first-order chi connectivity index (χ1) is 28.2. The summed E-state index contributed by atoms with van der Waals surface area (Å²) in [5.74, 6) is 1.91. The first kappa shape index (κ1) is 32.3. The van der Waals surface area contributed by atoms with E-state index in [-0.39, 0.29) is 0 Å². The smallest absolute Gasteiger partial charge is 0.164 e. The second-order valence-electron chi connectivity index (χ2n) is 14.4. The molecule has 4 aromatic heterocycles. The number of para-hydroxylation sites is 1. The Hall–Kier alpha value is -6.99. The number of hydrogen-bond donors (Lipinski definition) is 0. The molecule has 0 aliphatic rings. The van der Waals surface area contributed by atoms with Crippen LogP contribution in [0.5, 0.6) is 0 Å². The van der Waals surface area contributed by atoms with Gasteiger partial charge in [-0.05, 0) is 53.6 Å². The van der Waals surface area contributed by atoms with E-state index in [1.807, 2.05) is 59.1 Å². The number of nitrogens with zero attached hydrogens (tertiary/aromatic N) is 4. The minimum atomic E-state index is 0.626. The van der Waals surface area contributed by atoms with Gasteiger partial charge >= 0.3 is 0 Å². The van der Waals surface area contributed by atoms with Crippen LogP contribution in [0, 0.1) is 0 Å². The van der Waals surface area contributed by atoms with Crippen molar-refractivity contribution in [2.75, 3.05) is 0 Å². The maximum absolute atomic E-state index is 5.23. The zero-order valence-corrected chi connectivity index (χ0v) is 32.1. The van der Waals surface area contributed by atoms with Gasteiger partial charge in [0.1, 0.15) is 0 Å². The Morgan fingerprint density at radius 3 is 1.67 bits per heavy atom. The highest BCUT2D eigenvalue weighted by Gasteiger charge is 2.21. The molecular weight excluding hydrogens is 733 g/mol. The zero-order chi connectivity index (χ0) is 37.5. The normalized spacial score (nSPS) is 11.9. The van der Waals surface area contributed by atoms with Crippen molar-refractivity contribution in [3.63, 3.8) is 0 Å². The van der Waals surface area contributed by atoms with Crippen LogP contribution in [0.3, 0.4) is 0 Å². The Labute approximate surface area is 335 Å². The molecule has 0 saturated heterocycles. The van der Waals surface area contributed by atoms with Gasteiger partial charge in [-0.15, -0.1) is 22.7 Å². The van der Waals surface area contributed by atoms with E-state index in [4.69, 9.17) is 15.0 Å². The summed E-state index contributed by atoms with van der Waals surface area (Å²) in [4.78, 5) is 15.5. The average Bonchev–Trinajstić information content (AvgIpc) is 3.96. The molecule has 57 heavy (non-hydrogen) atoms. The third-order valence-electron chi connectivity index (χ3n) is 11.0. The van der Waals surface area contributed by atoms with Gasteiger partial charge in [0.2, 0.25) is 0 Å². The lowest BCUT2D eigenvalue weighted by Gasteiger charge is -2.15. The highest BCUT2D eigenvalue weighted by atomic mass is 32.1. The molecule has 4 nitrogen and oxygen atoms in total. The van der Waals surface area contributed by atoms with Gasteiger partial charge in [0, 0.05) is 68.8 Å². The topological polar surface area (TPSA) is 43.6 Å². The summed E-state index contributed by atoms with van der Waals surface area (Å²) in [5, 5.41) is 7.55. The van der Waals surface area contributed by atoms with Gasteiger partial charge in [0.05, 0.1) is 15.7 Å². The van der Waals surface area contributed by atoms with Crippen molar-refractivity contribution in [2.24, 2.45) is 0 Å². The summed E-state index contributed by atoms with van der Waals surface area (Å²) in [7, 11) is 0. The van der Waals surface area contributed by atoms with Crippen molar-refractivity contribution in [2.45, 2.75) is 0 Å². The fourth-order valence-electron chi connectivity index (χ4n) is 8.48. The van der Waals surface area contributed by atoms with Crippen LogP contribution in [0.25, 0.3) is 113 Å². The molecule has 0 aliphatic heterocycles. The maximum Gasteiger partial charge on any atom is 0.164 e. The lowest BCUT2D eigenvalue weighted by Crippen LogP contribution is -2.02. The Morgan fingerprint density at radius 1 is 0.368 bits per heavy atom. The quantitative estimate of drug-likeness (QED) is 0.175. The first-order valence-corrected chi connectivity index (χ1v) is 20.7. The third-order valence-corrected chi connectivity index (χ3v) is 13.4. The molecule has 8 aromatic carbocycles. The molecule has 0 saturated carbocycles. The molecule has 0 atom stereocenters. The summed E-state index contributed by atoms with van der Waals surface area (Å²) in [6, 6.07) is 64.9. The van der Waals surface area contributed by atoms with E-state index in [0.717, 1.165) is 33.5 Å². The van der Waals surface area contributed by atoms with Gasteiger partial charge in [0.15, 0.2) is 17.5 Å². The zero-order valence-electron chi connectivity index (χ0n) is 30.4. The Kier molecular flexibility index (Phi) is 7.24. The van der Waals surface area contributed by atoms with Gasteiger partial charge < -0.3 is 4.57 Å². The van der Waals surface area contributed by atoms with Crippen LogP contribution < -0.4 is 0 Å². The number of aromatic nitrogens is 4. The van der Waals surface area contributed by atoms with Crippen LogP contribution in [-0.2, 0) is 0 Å². The van der Waals surface area contributed by atoms with Gasteiger partial charge in [-0.25, -0.2) is 15.0 Å². The molecule has 12 rings (SSSR count). The fraction of sp³-hybridized carbons (Fsp3) is 0. The third kappa shape index (κ3) is 5.15. The van der Waals surface area contributed by atoms with Crippen molar-refractivity contribution < 1.29 is 0 Å². The minimum absolute atomic E-state index is 0.626. The van der Waals surface area contributed by atoms with E-state index in [2.05, 4.69) is 150 Å². The van der Waals surface area contributed by atoms with Crippen LogP contribution >= 0.6 is 22.7 Å². The molecule has 0 N–H and O–H groups in total. The summed E-state index contributed by atoms with van der Waals surface area (Å²) in [5.41, 5.74) is 8.52. The lowest BCUT2D eigenvalue weighted by molar-refractivity contribution is 1.07. The van der Waals surface area contributed by atoms with Crippen molar-refractivity contribution in [3.05, 3.63) is 182 Å². The Morgan fingerprint density at radius 2 is 0.930 bits per heavy atom. The van der Waals surface area contributed by atoms with Crippen LogP contribution in [-0.4, -0.2) is 19.5 Å². The number of benzene rings is 8. The monoisotopic (exact) mass is 762 g/mol. The summed E-state index contributed by atoms with van der Waals surface area (Å²) >= 11 is 3.71. The number of hydrogen-bond acceptors (Lipinski definition) is 5.